The van der Waals surface area contributed by atoms with Gasteiger partial charge in [-0.3, -0.25) is 9.69 Å². The molecule has 1 saturated heterocycles. The molecule has 1 aliphatic heterocycles. The highest BCUT2D eigenvalue weighted by molar-refractivity contribution is 6.06. The number of aromatic nitrogens is 1. The van der Waals surface area contributed by atoms with Crippen LogP contribution in [0.1, 0.15) is 17.3 Å². The summed E-state index contributed by atoms with van der Waals surface area (Å²) < 4.78 is 41.4. The van der Waals surface area contributed by atoms with Crippen LogP contribution in [0, 0.1) is 0 Å². The summed E-state index contributed by atoms with van der Waals surface area (Å²) in [4.78, 5) is 31.9. The van der Waals surface area contributed by atoms with E-state index in [1.54, 1.807) is 11.0 Å². The van der Waals surface area contributed by atoms with Crippen molar-refractivity contribution in [3.63, 3.8) is 0 Å². The van der Waals surface area contributed by atoms with Gasteiger partial charge in [-0.25, -0.2) is 9.78 Å². The molecule has 1 fully saturated rings. The Morgan fingerprint density at radius 3 is 2.57 bits per heavy atom. The van der Waals surface area contributed by atoms with Crippen molar-refractivity contribution in [2.24, 2.45) is 0 Å². The molecule has 10 heteroatoms. The molecule has 1 aliphatic rings. The van der Waals surface area contributed by atoms with Gasteiger partial charge in [0, 0.05) is 19.6 Å². The number of ether oxygens (including phenoxy) is 1. The van der Waals surface area contributed by atoms with Gasteiger partial charge in [0.2, 0.25) is 0 Å². The lowest BCUT2D eigenvalue weighted by Crippen LogP contribution is -2.32. The number of hydrogen-bond donors (Lipinski definition) is 1. The zero-order valence-electron chi connectivity index (χ0n) is 14.9. The molecular weight excluding hydrogens is 377 g/mol. The first-order valence-electron chi connectivity index (χ1n) is 8.47. The van der Waals surface area contributed by atoms with E-state index in [1.165, 1.54) is 35.4 Å². The molecule has 0 unspecified atom stereocenters. The first-order valence-corrected chi connectivity index (χ1v) is 8.47. The Hall–Kier alpha value is -3.30. The average Bonchev–Trinajstić information content (AvgIpc) is 3.02. The molecule has 0 atom stereocenters. The number of pyridine rings is 1. The summed E-state index contributed by atoms with van der Waals surface area (Å²) in [5.74, 6) is -0.942. The summed E-state index contributed by atoms with van der Waals surface area (Å²) >= 11 is 0. The maximum atomic E-state index is 12.5. The largest absolute Gasteiger partial charge is 0.573 e. The summed E-state index contributed by atoms with van der Waals surface area (Å²) in [6.07, 6.45) is -3.57. The number of halogens is 3. The molecule has 0 aliphatic carbocycles. The zero-order valence-corrected chi connectivity index (χ0v) is 14.9. The van der Waals surface area contributed by atoms with Crippen LogP contribution in [0.25, 0.3) is 0 Å². The third-order valence-corrected chi connectivity index (χ3v) is 4.12. The molecule has 3 rings (SSSR count). The van der Waals surface area contributed by atoms with Gasteiger partial charge in [-0.1, -0.05) is 12.1 Å². The Balaban J connectivity index is 1.71. The van der Waals surface area contributed by atoms with Crippen molar-refractivity contribution >= 4 is 23.4 Å². The average molecular weight is 394 g/mol. The fraction of sp³-hybridized carbons (Fsp3) is 0.278. The predicted molar refractivity (Wildman–Crippen MR) is 95.3 cm³/mol. The number of alkyl halides is 3. The van der Waals surface area contributed by atoms with Crippen molar-refractivity contribution in [2.75, 3.05) is 29.9 Å². The number of nitrogens with one attached hydrogen (secondary N) is 1. The van der Waals surface area contributed by atoms with Crippen LogP contribution >= 0.6 is 0 Å². The Bertz CT molecular complexity index is 871. The summed E-state index contributed by atoms with van der Waals surface area (Å²) in [7, 11) is 0. The van der Waals surface area contributed by atoms with Gasteiger partial charge in [0.1, 0.15) is 11.6 Å². The number of carbonyl (C=O) groups is 2. The van der Waals surface area contributed by atoms with Crippen molar-refractivity contribution < 1.29 is 27.5 Å². The Labute approximate surface area is 158 Å². The van der Waals surface area contributed by atoms with Crippen LogP contribution in [0.2, 0.25) is 0 Å². The van der Waals surface area contributed by atoms with Crippen LogP contribution in [0.5, 0.6) is 5.75 Å². The molecule has 28 heavy (non-hydrogen) atoms. The van der Waals surface area contributed by atoms with Gasteiger partial charge >= 0.3 is 12.4 Å². The number of carbonyl (C=O) groups excluding carboxylic acids is 2. The van der Waals surface area contributed by atoms with Gasteiger partial charge < -0.3 is 15.0 Å². The van der Waals surface area contributed by atoms with Crippen molar-refractivity contribution in [2.45, 2.75) is 13.3 Å². The molecule has 0 bridgehead atoms. The summed E-state index contributed by atoms with van der Waals surface area (Å²) in [5, 5.41) is 2.47. The van der Waals surface area contributed by atoms with Gasteiger partial charge in [-0.15, -0.1) is 13.2 Å². The SMILES string of the molecule is CCN1CCN(c2ccc(NC(=O)c3ccccc3OC(F)(F)F)cn2)C1=O. The number of amides is 3. The molecule has 1 N–H and O–H groups in total. The minimum atomic E-state index is -4.91. The quantitative estimate of drug-likeness (QED) is 0.843. The fourth-order valence-electron chi connectivity index (χ4n) is 2.77. The summed E-state index contributed by atoms with van der Waals surface area (Å²) in [5.41, 5.74) is 0.00626. The lowest BCUT2D eigenvalue weighted by Gasteiger charge is -2.17. The standard InChI is InChI=1S/C18H17F3N4O3/c1-2-24-9-10-25(17(24)27)15-8-7-12(11-22-15)23-16(26)13-5-3-4-6-14(13)28-18(19,20)21/h3-8,11H,2,9-10H2,1H3,(H,23,26). The smallest absolute Gasteiger partial charge is 0.405 e. The van der Waals surface area contributed by atoms with Crippen LogP contribution in [0.4, 0.5) is 29.5 Å². The van der Waals surface area contributed by atoms with Gasteiger partial charge in [0.25, 0.3) is 5.91 Å². The van der Waals surface area contributed by atoms with E-state index in [0.717, 1.165) is 6.07 Å². The van der Waals surface area contributed by atoms with Crippen LogP contribution < -0.4 is 15.0 Å². The second kappa shape index (κ2) is 7.75. The van der Waals surface area contributed by atoms with Gasteiger partial charge in [0.15, 0.2) is 0 Å². The minimum Gasteiger partial charge on any atom is -0.405 e. The predicted octanol–water partition coefficient (Wildman–Crippen LogP) is 3.49. The number of hydrogen-bond acceptors (Lipinski definition) is 4. The normalized spacial score (nSPS) is 14.4. The Kier molecular flexibility index (Phi) is 5.39. The third kappa shape index (κ3) is 4.33. The monoisotopic (exact) mass is 394 g/mol. The van der Waals surface area contributed by atoms with Gasteiger partial charge in [-0.2, -0.15) is 0 Å². The van der Waals surface area contributed by atoms with Crippen molar-refractivity contribution in [3.05, 3.63) is 48.2 Å². The molecule has 2 heterocycles. The Morgan fingerprint density at radius 1 is 1.21 bits per heavy atom. The minimum absolute atomic E-state index is 0.148. The molecule has 3 amide bonds. The topological polar surface area (TPSA) is 74.8 Å². The number of urea groups is 1. The highest BCUT2D eigenvalue weighted by atomic mass is 19.4. The number of likely N-dealkylation sites (N-methyl/N-ethyl adjacent to an activating group) is 1. The van der Waals surface area contributed by atoms with Crippen molar-refractivity contribution in [3.8, 4) is 5.75 Å². The van der Waals surface area contributed by atoms with E-state index in [-0.39, 0.29) is 17.3 Å². The van der Waals surface area contributed by atoms with E-state index in [4.69, 9.17) is 0 Å². The number of para-hydroxylation sites is 1. The molecule has 148 valence electrons. The maximum absolute atomic E-state index is 12.5. The van der Waals surface area contributed by atoms with Crippen molar-refractivity contribution in [1.82, 2.24) is 9.88 Å². The van der Waals surface area contributed by atoms with Crippen LogP contribution in [-0.4, -0.2) is 47.8 Å². The lowest BCUT2D eigenvalue weighted by molar-refractivity contribution is -0.274. The number of anilines is 2. The number of nitrogens with zero attached hydrogens (tertiary/aromatic N) is 3. The number of rotatable bonds is 5. The molecule has 0 radical (unpaired) electrons. The molecule has 1 aromatic heterocycles. The highest BCUT2D eigenvalue weighted by Crippen LogP contribution is 2.27. The first kappa shape index (κ1) is 19.5. The van der Waals surface area contributed by atoms with E-state index in [1.807, 2.05) is 6.92 Å². The molecular formula is C18H17F3N4O3. The van der Waals surface area contributed by atoms with Crippen LogP contribution in [-0.2, 0) is 0 Å². The molecule has 0 saturated carbocycles. The second-order valence-electron chi connectivity index (χ2n) is 5.92. The number of benzene rings is 1. The van der Waals surface area contributed by atoms with Gasteiger partial charge in [-0.05, 0) is 31.2 Å². The molecule has 1 aromatic carbocycles. The summed E-state index contributed by atoms with van der Waals surface area (Å²) in [6, 6.07) is 7.98. The van der Waals surface area contributed by atoms with E-state index in [0.29, 0.717) is 25.5 Å². The molecule has 2 aromatic rings. The zero-order chi connectivity index (χ0) is 20.3. The van der Waals surface area contributed by atoms with Crippen LogP contribution in [0.15, 0.2) is 42.6 Å². The van der Waals surface area contributed by atoms with E-state index in [2.05, 4.69) is 15.0 Å². The van der Waals surface area contributed by atoms with Crippen molar-refractivity contribution in [1.29, 1.82) is 0 Å². The van der Waals surface area contributed by atoms with E-state index < -0.39 is 18.0 Å². The molecule has 0 spiro atoms. The fourth-order valence-corrected chi connectivity index (χ4v) is 2.77. The van der Waals surface area contributed by atoms with E-state index in [9.17, 15) is 22.8 Å². The van der Waals surface area contributed by atoms with Gasteiger partial charge in [0.05, 0.1) is 17.4 Å². The second-order valence-corrected chi connectivity index (χ2v) is 5.92. The Morgan fingerprint density at radius 2 is 1.96 bits per heavy atom. The third-order valence-electron chi connectivity index (χ3n) is 4.12. The summed E-state index contributed by atoms with van der Waals surface area (Å²) in [6.45, 7) is 3.59. The highest BCUT2D eigenvalue weighted by Gasteiger charge is 2.33. The van der Waals surface area contributed by atoms with Crippen LogP contribution in [0.3, 0.4) is 0 Å². The first-order chi connectivity index (χ1) is 13.3. The maximum Gasteiger partial charge on any atom is 0.573 e. The lowest BCUT2D eigenvalue weighted by atomic mass is 10.2. The van der Waals surface area contributed by atoms with E-state index >= 15 is 0 Å². The molecule has 7 nitrogen and oxygen atoms in total.